The quantitative estimate of drug-likeness (QED) is 0.868. The van der Waals surface area contributed by atoms with E-state index < -0.39 is 10.0 Å². The van der Waals surface area contributed by atoms with Gasteiger partial charge in [-0.25, -0.2) is 8.42 Å². The third kappa shape index (κ3) is 2.54. The Labute approximate surface area is 126 Å². The Kier molecular flexibility index (Phi) is 4.33. The van der Waals surface area contributed by atoms with Gasteiger partial charge in [0.2, 0.25) is 10.0 Å². The SMILES string of the molecule is CCC1(CC)CCN(S(=O)(=O)c2c(N)cccc2Cl)C1. The molecule has 0 unspecified atom stereocenters. The van der Waals surface area contributed by atoms with Gasteiger partial charge in [-0.2, -0.15) is 4.31 Å². The van der Waals surface area contributed by atoms with Crippen LogP contribution in [0.1, 0.15) is 33.1 Å². The molecule has 1 aliphatic heterocycles. The number of nitrogens with two attached hydrogens (primary N) is 1. The van der Waals surface area contributed by atoms with E-state index in [0.29, 0.717) is 13.1 Å². The zero-order valence-corrected chi connectivity index (χ0v) is 13.5. The van der Waals surface area contributed by atoms with E-state index in [4.69, 9.17) is 17.3 Å². The lowest BCUT2D eigenvalue weighted by atomic mass is 9.82. The minimum absolute atomic E-state index is 0.0460. The highest BCUT2D eigenvalue weighted by molar-refractivity contribution is 7.89. The molecule has 6 heteroatoms. The number of anilines is 1. The lowest BCUT2D eigenvalue weighted by Gasteiger charge is -2.26. The van der Waals surface area contributed by atoms with Gasteiger partial charge in [0.25, 0.3) is 0 Å². The number of rotatable bonds is 4. The Balaban J connectivity index is 2.38. The number of benzene rings is 1. The maximum absolute atomic E-state index is 12.8. The minimum atomic E-state index is -3.61. The molecule has 20 heavy (non-hydrogen) atoms. The first kappa shape index (κ1) is 15.6. The lowest BCUT2D eigenvalue weighted by molar-refractivity contribution is 0.279. The standard InChI is InChI=1S/C14H21ClN2O2S/c1-3-14(4-2)8-9-17(10-14)20(18,19)13-11(15)6-5-7-12(13)16/h5-7H,3-4,8-10,16H2,1-2H3. The third-order valence-corrected chi connectivity index (χ3v) is 6.89. The van der Waals surface area contributed by atoms with Crippen molar-refractivity contribution in [3.05, 3.63) is 23.2 Å². The molecule has 2 rings (SSSR count). The lowest BCUT2D eigenvalue weighted by Crippen LogP contribution is -2.32. The summed E-state index contributed by atoms with van der Waals surface area (Å²) >= 11 is 6.05. The van der Waals surface area contributed by atoms with Crippen molar-refractivity contribution in [3.63, 3.8) is 0 Å². The topological polar surface area (TPSA) is 63.4 Å². The second kappa shape index (κ2) is 5.54. The zero-order chi connectivity index (χ0) is 15.0. The third-order valence-electron chi connectivity index (χ3n) is 4.50. The van der Waals surface area contributed by atoms with Crippen LogP contribution in [0.4, 0.5) is 5.69 Å². The molecule has 1 aliphatic rings. The summed E-state index contributed by atoms with van der Waals surface area (Å²) in [5.41, 5.74) is 6.11. The number of nitrogens with zero attached hydrogens (tertiary/aromatic N) is 1. The average molecular weight is 317 g/mol. The Hall–Kier alpha value is -0.780. The highest BCUT2D eigenvalue weighted by Crippen LogP contribution is 2.41. The number of sulfonamides is 1. The summed E-state index contributed by atoms with van der Waals surface area (Å²) in [6.07, 6.45) is 2.85. The summed E-state index contributed by atoms with van der Waals surface area (Å²) in [6, 6.07) is 4.79. The zero-order valence-electron chi connectivity index (χ0n) is 11.9. The van der Waals surface area contributed by atoms with Crippen molar-refractivity contribution in [3.8, 4) is 0 Å². The van der Waals surface area contributed by atoms with Crippen molar-refractivity contribution in [2.75, 3.05) is 18.8 Å². The van der Waals surface area contributed by atoms with Crippen LogP contribution in [0.5, 0.6) is 0 Å². The van der Waals surface area contributed by atoms with Crippen LogP contribution in [0, 0.1) is 5.41 Å². The normalized spacial score (nSPS) is 19.4. The molecule has 0 bridgehead atoms. The van der Waals surface area contributed by atoms with Crippen LogP contribution in [0.15, 0.2) is 23.1 Å². The number of hydrogen-bond acceptors (Lipinski definition) is 3. The smallest absolute Gasteiger partial charge is 0.246 e. The first-order chi connectivity index (χ1) is 9.36. The average Bonchev–Trinajstić information content (AvgIpc) is 2.84. The van der Waals surface area contributed by atoms with Crippen molar-refractivity contribution in [1.29, 1.82) is 0 Å². The van der Waals surface area contributed by atoms with E-state index in [9.17, 15) is 8.42 Å². The Morgan fingerprint density at radius 1 is 1.35 bits per heavy atom. The van der Waals surface area contributed by atoms with Crippen molar-refractivity contribution in [2.24, 2.45) is 5.41 Å². The summed E-state index contributed by atoms with van der Waals surface area (Å²) in [5.74, 6) is 0. The van der Waals surface area contributed by atoms with Gasteiger partial charge < -0.3 is 5.73 Å². The summed E-state index contributed by atoms with van der Waals surface area (Å²) in [4.78, 5) is 0.0460. The van der Waals surface area contributed by atoms with E-state index in [0.717, 1.165) is 19.3 Å². The molecule has 0 atom stereocenters. The highest BCUT2D eigenvalue weighted by atomic mass is 35.5. The molecule has 0 spiro atoms. The molecule has 0 aromatic heterocycles. The van der Waals surface area contributed by atoms with Crippen LogP contribution in [0.3, 0.4) is 0 Å². The molecule has 1 aromatic rings. The monoisotopic (exact) mass is 316 g/mol. The fourth-order valence-electron chi connectivity index (χ4n) is 2.85. The van der Waals surface area contributed by atoms with Gasteiger partial charge in [-0.05, 0) is 36.8 Å². The molecule has 1 heterocycles. The van der Waals surface area contributed by atoms with Crippen molar-refractivity contribution < 1.29 is 8.42 Å². The van der Waals surface area contributed by atoms with Crippen LogP contribution in [-0.2, 0) is 10.0 Å². The number of nitrogen functional groups attached to an aromatic ring is 1. The van der Waals surface area contributed by atoms with Gasteiger partial charge in [-0.15, -0.1) is 0 Å². The molecule has 0 radical (unpaired) electrons. The Morgan fingerprint density at radius 3 is 2.50 bits per heavy atom. The molecule has 112 valence electrons. The predicted octanol–water partition coefficient (Wildman–Crippen LogP) is 3.12. The molecular formula is C14H21ClN2O2S. The summed E-state index contributed by atoms with van der Waals surface area (Å²) in [5, 5.41) is 0.190. The van der Waals surface area contributed by atoms with Crippen LogP contribution in [0.25, 0.3) is 0 Å². The number of hydrogen-bond donors (Lipinski definition) is 1. The molecule has 1 saturated heterocycles. The molecule has 0 amide bonds. The maximum Gasteiger partial charge on any atom is 0.246 e. The van der Waals surface area contributed by atoms with Crippen molar-refractivity contribution in [2.45, 2.75) is 38.0 Å². The van der Waals surface area contributed by atoms with E-state index in [-0.39, 0.29) is 21.0 Å². The molecule has 0 saturated carbocycles. The molecule has 1 fully saturated rings. The van der Waals surface area contributed by atoms with Crippen LogP contribution in [0.2, 0.25) is 5.02 Å². The highest BCUT2D eigenvalue weighted by Gasteiger charge is 2.41. The summed E-state index contributed by atoms with van der Waals surface area (Å²) in [7, 11) is -3.61. The molecule has 0 aliphatic carbocycles. The Bertz CT molecular complexity index is 577. The van der Waals surface area contributed by atoms with E-state index in [2.05, 4.69) is 13.8 Å². The molecular weight excluding hydrogens is 296 g/mol. The minimum Gasteiger partial charge on any atom is -0.398 e. The fourth-order valence-corrected chi connectivity index (χ4v) is 5.04. The van der Waals surface area contributed by atoms with Crippen molar-refractivity contribution >= 4 is 27.3 Å². The molecule has 2 N–H and O–H groups in total. The van der Waals surface area contributed by atoms with E-state index in [1.807, 2.05) is 0 Å². The van der Waals surface area contributed by atoms with Gasteiger partial charge in [0.05, 0.1) is 10.7 Å². The van der Waals surface area contributed by atoms with E-state index in [1.165, 1.54) is 4.31 Å². The number of halogens is 1. The summed E-state index contributed by atoms with van der Waals surface area (Å²) < 4.78 is 27.0. The van der Waals surface area contributed by atoms with Crippen LogP contribution >= 0.6 is 11.6 Å². The van der Waals surface area contributed by atoms with Gasteiger partial charge >= 0.3 is 0 Å². The first-order valence-corrected chi connectivity index (χ1v) is 8.72. The van der Waals surface area contributed by atoms with Gasteiger partial charge in [-0.3, -0.25) is 0 Å². The van der Waals surface area contributed by atoms with E-state index >= 15 is 0 Å². The van der Waals surface area contributed by atoms with Crippen molar-refractivity contribution in [1.82, 2.24) is 4.31 Å². The summed E-state index contributed by atoms with van der Waals surface area (Å²) in [6.45, 7) is 5.31. The van der Waals surface area contributed by atoms with Gasteiger partial charge in [0.1, 0.15) is 4.90 Å². The van der Waals surface area contributed by atoms with Crippen LogP contribution < -0.4 is 5.73 Å². The van der Waals surface area contributed by atoms with E-state index in [1.54, 1.807) is 18.2 Å². The van der Waals surface area contributed by atoms with Gasteiger partial charge in [-0.1, -0.05) is 31.5 Å². The van der Waals surface area contributed by atoms with Crippen LogP contribution in [-0.4, -0.2) is 25.8 Å². The van der Waals surface area contributed by atoms with Gasteiger partial charge in [0.15, 0.2) is 0 Å². The largest absolute Gasteiger partial charge is 0.398 e. The molecule has 4 nitrogen and oxygen atoms in total. The second-order valence-corrected chi connectivity index (χ2v) is 7.74. The Morgan fingerprint density at radius 2 is 2.00 bits per heavy atom. The maximum atomic E-state index is 12.8. The predicted molar refractivity (Wildman–Crippen MR) is 82.3 cm³/mol. The van der Waals surface area contributed by atoms with Gasteiger partial charge in [0, 0.05) is 13.1 Å². The first-order valence-electron chi connectivity index (χ1n) is 6.90. The fraction of sp³-hybridized carbons (Fsp3) is 0.571. The molecule has 1 aromatic carbocycles. The second-order valence-electron chi connectivity index (χ2n) is 5.45.